The van der Waals surface area contributed by atoms with Crippen molar-refractivity contribution in [2.45, 2.75) is 9.79 Å². The molecule has 0 aliphatic rings. The van der Waals surface area contributed by atoms with E-state index in [0.717, 1.165) is 15.5 Å². The Hall–Kier alpha value is -3.00. The number of hydrogen-bond donors (Lipinski definition) is 2. The van der Waals surface area contributed by atoms with E-state index in [0.29, 0.717) is 16.5 Å². The van der Waals surface area contributed by atoms with Gasteiger partial charge in [0.15, 0.2) is 0 Å². The van der Waals surface area contributed by atoms with Crippen LogP contribution < -0.4 is 15.4 Å². The number of nitrogens with one attached hydrogen (secondary N) is 2. The highest BCUT2D eigenvalue weighted by atomic mass is 35.5. The van der Waals surface area contributed by atoms with Crippen LogP contribution >= 0.6 is 23.4 Å². The van der Waals surface area contributed by atoms with Crippen molar-refractivity contribution in [2.24, 2.45) is 0 Å². The number of halogens is 1. The number of para-hydroxylation sites is 1. The van der Waals surface area contributed by atoms with Crippen molar-refractivity contribution in [3.63, 3.8) is 0 Å². The fourth-order valence-corrected chi connectivity index (χ4v) is 4.07. The van der Waals surface area contributed by atoms with Crippen LogP contribution in [0.2, 0.25) is 5.02 Å². The maximum atomic E-state index is 12.6. The van der Waals surface area contributed by atoms with Crippen LogP contribution in [0.15, 0.2) is 82.6 Å². The summed E-state index contributed by atoms with van der Waals surface area (Å²) in [5.74, 6) is 0.0262. The number of amides is 2. The van der Waals surface area contributed by atoms with Gasteiger partial charge in [0.2, 0.25) is 11.8 Å². The van der Waals surface area contributed by atoms with Gasteiger partial charge in [-0.05, 0) is 49.5 Å². The number of ether oxygens (including phenoxy) is 1. The molecule has 0 spiro atoms. The zero-order chi connectivity index (χ0) is 22.9. The molecular formula is C24H24ClN3O3S. The van der Waals surface area contributed by atoms with Gasteiger partial charge in [0.05, 0.1) is 31.6 Å². The molecule has 3 rings (SSSR count). The fraction of sp³-hybridized carbons (Fsp3) is 0.167. The molecule has 0 atom stereocenters. The molecule has 0 aromatic heterocycles. The minimum atomic E-state index is -0.277. The Balaban J connectivity index is 1.55. The highest BCUT2D eigenvalue weighted by molar-refractivity contribution is 7.99. The Morgan fingerprint density at radius 3 is 2.22 bits per heavy atom. The smallest absolute Gasteiger partial charge is 0.238 e. The first-order valence-corrected chi connectivity index (χ1v) is 11.1. The summed E-state index contributed by atoms with van der Waals surface area (Å²) in [4.78, 5) is 28.7. The van der Waals surface area contributed by atoms with E-state index >= 15 is 0 Å². The van der Waals surface area contributed by atoms with E-state index < -0.39 is 0 Å². The molecule has 0 aliphatic heterocycles. The molecule has 0 radical (unpaired) electrons. The van der Waals surface area contributed by atoms with E-state index in [1.54, 1.807) is 41.9 Å². The number of rotatable bonds is 9. The van der Waals surface area contributed by atoms with Gasteiger partial charge < -0.3 is 15.4 Å². The van der Waals surface area contributed by atoms with Crippen molar-refractivity contribution < 1.29 is 14.3 Å². The van der Waals surface area contributed by atoms with Gasteiger partial charge in [0.25, 0.3) is 0 Å². The van der Waals surface area contributed by atoms with Gasteiger partial charge in [-0.15, -0.1) is 0 Å². The standard InChI is InChI=1S/C24H24ClN3O3S/c1-28(16-24(30)27-20-14-17(25)12-13-21(20)31-2)15-23(29)26-19-10-6-7-11-22(19)32-18-8-4-3-5-9-18/h3-14H,15-16H2,1-2H3,(H,26,29)(H,27,30). The number of benzene rings is 3. The van der Waals surface area contributed by atoms with E-state index in [1.165, 1.54) is 7.11 Å². The third-order valence-corrected chi connectivity index (χ3v) is 5.71. The Bertz CT molecular complexity index is 1080. The minimum absolute atomic E-state index is 0.0312. The monoisotopic (exact) mass is 469 g/mol. The van der Waals surface area contributed by atoms with Crippen molar-refractivity contribution in [1.29, 1.82) is 0 Å². The number of carbonyl (C=O) groups excluding carboxylic acids is 2. The SMILES string of the molecule is COc1ccc(Cl)cc1NC(=O)CN(C)CC(=O)Nc1ccccc1Sc1ccccc1. The van der Waals surface area contributed by atoms with Gasteiger partial charge in [-0.3, -0.25) is 14.5 Å². The molecule has 2 N–H and O–H groups in total. The number of likely N-dealkylation sites (N-methyl/N-ethyl adjacent to an activating group) is 1. The summed E-state index contributed by atoms with van der Waals surface area (Å²) in [5.41, 5.74) is 1.21. The molecule has 0 aliphatic carbocycles. The molecule has 0 heterocycles. The van der Waals surface area contributed by atoms with E-state index in [2.05, 4.69) is 10.6 Å². The summed E-state index contributed by atoms with van der Waals surface area (Å²) in [7, 11) is 3.22. The van der Waals surface area contributed by atoms with Crippen LogP contribution in [0.5, 0.6) is 5.75 Å². The van der Waals surface area contributed by atoms with Gasteiger partial charge in [-0.1, -0.05) is 53.7 Å². The van der Waals surface area contributed by atoms with Crippen LogP contribution in [-0.4, -0.2) is 44.0 Å². The number of nitrogens with zero attached hydrogens (tertiary/aromatic N) is 1. The van der Waals surface area contributed by atoms with Gasteiger partial charge in [0.1, 0.15) is 5.75 Å². The first-order valence-electron chi connectivity index (χ1n) is 9.88. The van der Waals surface area contributed by atoms with E-state index in [9.17, 15) is 9.59 Å². The lowest BCUT2D eigenvalue weighted by atomic mass is 10.3. The lowest BCUT2D eigenvalue weighted by molar-refractivity contribution is -0.119. The summed E-state index contributed by atoms with van der Waals surface area (Å²) in [6.07, 6.45) is 0. The normalized spacial score (nSPS) is 10.6. The topological polar surface area (TPSA) is 70.7 Å². The van der Waals surface area contributed by atoms with Crippen molar-refractivity contribution in [2.75, 3.05) is 37.9 Å². The Kier molecular flexibility index (Phi) is 8.56. The van der Waals surface area contributed by atoms with Crippen LogP contribution in [0, 0.1) is 0 Å². The number of anilines is 2. The molecule has 2 amide bonds. The van der Waals surface area contributed by atoms with Gasteiger partial charge in [0, 0.05) is 14.8 Å². The second-order valence-electron chi connectivity index (χ2n) is 7.02. The van der Waals surface area contributed by atoms with Crippen LogP contribution in [-0.2, 0) is 9.59 Å². The number of hydrogen-bond acceptors (Lipinski definition) is 5. The minimum Gasteiger partial charge on any atom is -0.495 e. The van der Waals surface area contributed by atoms with Crippen molar-refractivity contribution in [3.05, 3.63) is 77.8 Å². The molecule has 0 saturated heterocycles. The van der Waals surface area contributed by atoms with Crippen molar-refractivity contribution in [3.8, 4) is 5.75 Å². The average molecular weight is 470 g/mol. The largest absolute Gasteiger partial charge is 0.495 e. The molecule has 3 aromatic carbocycles. The van der Waals surface area contributed by atoms with Crippen LogP contribution in [0.25, 0.3) is 0 Å². The quantitative estimate of drug-likeness (QED) is 0.461. The number of methoxy groups -OCH3 is 1. The highest BCUT2D eigenvalue weighted by Gasteiger charge is 2.14. The summed E-state index contributed by atoms with van der Waals surface area (Å²) in [6.45, 7) is 0.0912. The summed E-state index contributed by atoms with van der Waals surface area (Å²) >= 11 is 7.58. The van der Waals surface area contributed by atoms with Gasteiger partial charge >= 0.3 is 0 Å². The Labute approximate surface area is 196 Å². The average Bonchev–Trinajstić information content (AvgIpc) is 2.75. The predicted molar refractivity (Wildman–Crippen MR) is 130 cm³/mol. The zero-order valence-corrected chi connectivity index (χ0v) is 19.4. The summed E-state index contributed by atoms with van der Waals surface area (Å²) < 4.78 is 5.24. The first-order chi connectivity index (χ1) is 15.4. The van der Waals surface area contributed by atoms with Gasteiger partial charge in [-0.2, -0.15) is 0 Å². The molecule has 0 fully saturated rings. The lowest BCUT2D eigenvalue weighted by Crippen LogP contribution is -2.36. The molecule has 0 bridgehead atoms. The first kappa shape index (κ1) is 23.7. The second kappa shape index (κ2) is 11.6. The molecule has 0 unspecified atom stereocenters. The maximum Gasteiger partial charge on any atom is 0.238 e. The van der Waals surface area contributed by atoms with E-state index in [1.807, 2.05) is 54.6 Å². The van der Waals surface area contributed by atoms with Crippen LogP contribution in [0.1, 0.15) is 0 Å². The predicted octanol–water partition coefficient (Wildman–Crippen LogP) is 5.01. The number of carbonyl (C=O) groups is 2. The molecule has 6 nitrogen and oxygen atoms in total. The highest BCUT2D eigenvalue weighted by Crippen LogP contribution is 2.33. The molecule has 3 aromatic rings. The van der Waals surface area contributed by atoms with Crippen LogP contribution in [0.4, 0.5) is 11.4 Å². The fourth-order valence-electron chi connectivity index (χ4n) is 2.98. The molecular weight excluding hydrogens is 446 g/mol. The third-order valence-electron chi connectivity index (χ3n) is 4.39. The Morgan fingerprint density at radius 1 is 0.906 bits per heavy atom. The second-order valence-corrected chi connectivity index (χ2v) is 8.58. The zero-order valence-electron chi connectivity index (χ0n) is 17.8. The molecule has 8 heteroatoms. The summed E-state index contributed by atoms with van der Waals surface area (Å²) in [6, 6.07) is 22.6. The third kappa shape index (κ3) is 7.02. The van der Waals surface area contributed by atoms with Crippen molar-refractivity contribution >= 4 is 46.6 Å². The van der Waals surface area contributed by atoms with Gasteiger partial charge in [-0.25, -0.2) is 0 Å². The van der Waals surface area contributed by atoms with E-state index in [4.69, 9.17) is 16.3 Å². The van der Waals surface area contributed by atoms with Crippen LogP contribution in [0.3, 0.4) is 0 Å². The molecule has 166 valence electrons. The maximum absolute atomic E-state index is 12.6. The lowest BCUT2D eigenvalue weighted by Gasteiger charge is -2.17. The van der Waals surface area contributed by atoms with E-state index in [-0.39, 0.29) is 24.9 Å². The van der Waals surface area contributed by atoms with Crippen molar-refractivity contribution in [1.82, 2.24) is 4.90 Å². The summed E-state index contributed by atoms with van der Waals surface area (Å²) in [5, 5.41) is 6.19. The Morgan fingerprint density at radius 2 is 1.53 bits per heavy atom. The molecule has 0 saturated carbocycles. The molecule has 32 heavy (non-hydrogen) atoms.